The highest BCUT2D eigenvalue weighted by Gasteiger charge is 2.41. The number of aliphatic hydroxyl groups excluding tert-OH is 2. The number of carbonyl (C=O) groups excluding carboxylic acids is 1. The van der Waals surface area contributed by atoms with Gasteiger partial charge >= 0.3 is 5.97 Å². The van der Waals surface area contributed by atoms with Gasteiger partial charge < -0.3 is 20.3 Å². The van der Waals surface area contributed by atoms with Gasteiger partial charge in [0.1, 0.15) is 5.76 Å². The van der Waals surface area contributed by atoms with E-state index in [2.05, 4.69) is 39.1 Å². The predicted octanol–water partition coefficient (Wildman–Crippen LogP) is 9.89. The number of hydrogen-bond donors (Lipinski definition) is 3. The van der Waals surface area contributed by atoms with Gasteiger partial charge in [-0.2, -0.15) is 0 Å². The molecular formula is C44H58N4O4. The van der Waals surface area contributed by atoms with E-state index in [4.69, 9.17) is 19.7 Å². The van der Waals surface area contributed by atoms with Gasteiger partial charge in [0.15, 0.2) is 0 Å². The number of hydrogen-bond acceptors (Lipinski definition) is 8. The second-order valence-corrected chi connectivity index (χ2v) is 15.2. The van der Waals surface area contributed by atoms with E-state index in [-0.39, 0.29) is 24.4 Å². The third kappa shape index (κ3) is 7.68. The van der Waals surface area contributed by atoms with E-state index in [1.807, 2.05) is 26.0 Å². The van der Waals surface area contributed by atoms with E-state index in [1.54, 1.807) is 0 Å². The number of unbranched alkanes of at least 4 members (excludes halogenated alkanes) is 9. The van der Waals surface area contributed by atoms with Crippen molar-refractivity contribution in [2.75, 3.05) is 13.2 Å². The summed E-state index contributed by atoms with van der Waals surface area (Å²) >= 11 is 0. The molecule has 2 atom stereocenters. The van der Waals surface area contributed by atoms with Gasteiger partial charge in [0.25, 0.3) is 0 Å². The smallest absolute Gasteiger partial charge is 0.305 e. The third-order valence-corrected chi connectivity index (χ3v) is 11.8. The molecule has 0 aromatic heterocycles. The molecule has 0 aromatic carbocycles. The van der Waals surface area contributed by atoms with Crippen molar-refractivity contribution in [3.8, 4) is 0 Å². The van der Waals surface area contributed by atoms with Crippen molar-refractivity contribution in [3.05, 3.63) is 91.5 Å². The molecule has 1 fully saturated rings. The molecule has 8 heteroatoms. The molecule has 0 amide bonds. The number of nitrogens with zero attached hydrogens (tertiary/aromatic N) is 3. The first-order valence-corrected chi connectivity index (χ1v) is 19.9. The lowest BCUT2D eigenvalue weighted by Crippen LogP contribution is -2.16. The van der Waals surface area contributed by atoms with E-state index in [9.17, 15) is 15.0 Å². The minimum absolute atomic E-state index is 0.00294. The maximum absolute atomic E-state index is 13.0. The van der Waals surface area contributed by atoms with Crippen LogP contribution in [0.1, 0.15) is 131 Å². The molecule has 6 aliphatic rings. The van der Waals surface area contributed by atoms with Gasteiger partial charge in [0, 0.05) is 52.8 Å². The van der Waals surface area contributed by atoms with Crippen molar-refractivity contribution in [2.45, 2.75) is 131 Å². The van der Waals surface area contributed by atoms with E-state index < -0.39 is 0 Å². The Morgan fingerprint density at radius 1 is 0.846 bits per heavy atom. The average molecular weight is 707 g/mol. The van der Waals surface area contributed by atoms with E-state index in [1.165, 1.54) is 51.4 Å². The highest BCUT2D eigenvalue weighted by molar-refractivity contribution is 6.21. The zero-order chi connectivity index (χ0) is 36.9. The van der Waals surface area contributed by atoms with Crippen molar-refractivity contribution in [1.29, 1.82) is 0 Å². The van der Waals surface area contributed by atoms with Gasteiger partial charge in [-0.25, -0.2) is 15.0 Å². The fourth-order valence-corrected chi connectivity index (χ4v) is 8.48. The Labute approximate surface area is 310 Å². The molecule has 8 bridgehead atoms. The van der Waals surface area contributed by atoms with Gasteiger partial charge in [-0.05, 0) is 80.6 Å². The highest BCUT2D eigenvalue weighted by Crippen LogP contribution is 2.46. The van der Waals surface area contributed by atoms with Crippen LogP contribution in [0.2, 0.25) is 0 Å². The Hall–Kier alpha value is -4.04. The summed E-state index contributed by atoms with van der Waals surface area (Å²) in [5.41, 5.74) is 13.5. The Morgan fingerprint density at radius 3 is 2.15 bits per heavy atom. The van der Waals surface area contributed by atoms with E-state index >= 15 is 0 Å². The number of fused-ring (bicyclic) bond motifs is 5. The summed E-state index contributed by atoms with van der Waals surface area (Å²) in [7, 11) is 0. The van der Waals surface area contributed by atoms with Crippen LogP contribution in [0.3, 0.4) is 0 Å². The Balaban J connectivity index is 1.23. The Bertz CT molecular complexity index is 1840. The predicted molar refractivity (Wildman–Crippen MR) is 211 cm³/mol. The average Bonchev–Trinajstić information content (AvgIpc) is 3.88. The maximum atomic E-state index is 13.0. The number of ether oxygens (including phenoxy) is 1. The van der Waals surface area contributed by atoms with Crippen LogP contribution in [-0.2, 0) is 9.53 Å². The van der Waals surface area contributed by atoms with Crippen LogP contribution in [0.25, 0.3) is 0 Å². The molecule has 0 radical (unpaired) electrons. The largest absolute Gasteiger partial charge is 0.511 e. The molecule has 278 valence electrons. The number of esters is 1. The lowest BCUT2D eigenvalue weighted by atomic mass is 9.86. The molecule has 0 aromatic rings. The summed E-state index contributed by atoms with van der Waals surface area (Å²) in [5.74, 6) is 0.216. The molecule has 0 unspecified atom stereocenters. The molecule has 0 saturated carbocycles. The van der Waals surface area contributed by atoms with Crippen LogP contribution in [0.15, 0.2) is 106 Å². The zero-order valence-electron chi connectivity index (χ0n) is 32.3. The monoisotopic (exact) mass is 706 g/mol. The van der Waals surface area contributed by atoms with Crippen LogP contribution >= 0.6 is 0 Å². The molecule has 8 nitrogen and oxygen atoms in total. The van der Waals surface area contributed by atoms with Gasteiger partial charge in [-0.1, -0.05) is 78.6 Å². The van der Waals surface area contributed by atoms with Crippen LogP contribution < -0.4 is 5.32 Å². The summed E-state index contributed by atoms with van der Waals surface area (Å²) in [6.07, 6.45) is 20.7. The van der Waals surface area contributed by atoms with Crippen LogP contribution in [0, 0.1) is 11.8 Å². The van der Waals surface area contributed by atoms with Crippen molar-refractivity contribution < 1.29 is 19.7 Å². The summed E-state index contributed by atoms with van der Waals surface area (Å²) in [6, 6.07) is 0. The minimum Gasteiger partial charge on any atom is -0.511 e. The molecule has 1 saturated heterocycles. The first kappa shape index (κ1) is 37.7. The molecule has 52 heavy (non-hydrogen) atoms. The molecule has 3 N–H and O–H groups in total. The van der Waals surface area contributed by atoms with Crippen LogP contribution in [0.4, 0.5) is 0 Å². The Morgan fingerprint density at radius 2 is 1.48 bits per heavy atom. The molecule has 5 heterocycles. The molecule has 1 aliphatic carbocycles. The van der Waals surface area contributed by atoms with Crippen molar-refractivity contribution in [1.82, 2.24) is 5.32 Å². The first-order valence-electron chi connectivity index (χ1n) is 19.9. The molecule has 5 aliphatic heterocycles. The topological polar surface area (TPSA) is 116 Å². The van der Waals surface area contributed by atoms with Gasteiger partial charge in [0.05, 0.1) is 47.4 Å². The molecule has 0 spiro atoms. The van der Waals surface area contributed by atoms with Gasteiger partial charge in [0.2, 0.25) is 0 Å². The van der Waals surface area contributed by atoms with Crippen molar-refractivity contribution in [3.63, 3.8) is 0 Å². The number of rotatable bonds is 16. The fourth-order valence-electron chi connectivity index (χ4n) is 8.48. The molecule has 6 rings (SSSR count). The SMILES string of the molecule is CCCCCCCCCCCCOC(=O)CC[C@@H]1C2=C3CC(O)=C4C3=NC(=C4C)C=C3N=C(C=C4N=C(C=C(N2)[C@H]1C)C(C)=C4CO)C(C)=C3CC. The van der Waals surface area contributed by atoms with Gasteiger partial charge in [-0.3, -0.25) is 4.79 Å². The summed E-state index contributed by atoms with van der Waals surface area (Å²) in [4.78, 5) is 28.3. The van der Waals surface area contributed by atoms with E-state index in [0.717, 1.165) is 104 Å². The van der Waals surface area contributed by atoms with Gasteiger partial charge in [-0.15, -0.1) is 0 Å². The molecular weight excluding hydrogens is 649 g/mol. The number of aliphatic hydroxyl groups is 2. The summed E-state index contributed by atoms with van der Waals surface area (Å²) in [6.45, 7) is 13.0. The maximum Gasteiger partial charge on any atom is 0.305 e. The van der Waals surface area contributed by atoms with Crippen LogP contribution in [-0.4, -0.2) is 46.5 Å². The van der Waals surface area contributed by atoms with Crippen molar-refractivity contribution >= 4 is 23.1 Å². The first-order chi connectivity index (χ1) is 25.2. The summed E-state index contributed by atoms with van der Waals surface area (Å²) < 4.78 is 5.72. The second-order valence-electron chi connectivity index (χ2n) is 15.2. The lowest BCUT2D eigenvalue weighted by molar-refractivity contribution is -0.144. The second kappa shape index (κ2) is 16.7. The van der Waals surface area contributed by atoms with E-state index in [0.29, 0.717) is 31.6 Å². The number of allylic oxidation sites excluding steroid dienone is 11. The van der Waals surface area contributed by atoms with Crippen molar-refractivity contribution in [2.24, 2.45) is 26.8 Å². The number of carbonyl (C=O) groups is 1. The lowest BCUT2D eigenvalue weighted by Gasteiger charge is -2.17. The normalized spacial score (nSPS) is 22.3. The standard InChI is InChI=1S/C44H58N4O4/c1-7-9-10-11-12-13-14-15-16-17-20-52-41(51)19-18-31-27(4)36-22-34-28(5)33(25-49)39(46-34)23-35-26(3)30(8-2)38(45-35)24-37-29(6)42-40(50)21-32(43(31)47-36)44(42)48-37/h22-24,27,31,47,49-50H,7-21,25H2,1-6H3/t27-,31-/m0/s1. The third-order valence-electron chi connectivity index (χ3n) is 11.8. The minimum atomic E-state index is -0.159. The quantitative estimate of drug-likeness (QED) is 0.109. The van der Waals surface area contributed by atoms with Crippen LogP contribution in [0.5, 0.6) is 0 Å². The fraction of sp³-hybridized carbons (Fsp3) is 0.545. The Kier molecular flexibility index (Phi) is 12.1. The highest BCUT2D eigenvalue weighted by atomic mass is 16.5. The zero-order valence-corrected chi connectivity index (χ0v) is 32.3. The summed E-state index contributed by atoms with van der Waals surface area (Å²) in [5, 5.41) is 25.5. The number of aliphatic imine (C=N–C) groups is 3. The number of nitrogens with one attached hydrogen (secondary N) is 1.